The minimum Gasteiger partial charge on any atom is -0.495 e. The smallest absolute Gasteiger partial charge is 0.251 e. The van der Waals surface area contributed by atoms with Gasteiger partial charge in [-0.25, -0.2) is 0 Å². The second kappa shape index (κ2) is 5.50. The Morgan fingerprint density at radius 2 is 2.00 bits per heavy atom. The zero-order valence-electron chi connectivity index (χ0n) is 10.4. The predicted octanol–water partition coefficient (Wildman–Crippen LogP) is 2.39. The van der Waals surface area contributed by atoms with Crippen molar-refractivity contribution in [1.29, 1.82) is 0 Å². The number of hydrogen-bond donors (Lipinski definition) is 1. The van der Waals surface area contributed by atoms with E-state index in [9.17, 15) is 9.59 Å². The largest absolute Gasteiger partial charge is 0.495 e. The predicted molar refractivity (Wildman–Crippen MR) is 78.2 cm³/mol. The number of carbonyl (C=O) groups is 2. The molecule has 102 valence electrons. The van der Waals surface area contributed by atoms with Gasteiger partial charge in [0.15, 0.2) is 0 Å². The number of nitrogens with one attached hydrogen (secondary N) is 1. The summed E-state index contributed by atoms with van der Waals surface area (Å²) in [5.41, 5.74) is 0.710. The number of likely N-dealkylation sites (tertiary alicyclic amines) is 1. The molecule has 2 rings (SSSR count). The number of rotatable bonds is 3. The van der Waals surface area contributed by atoms with E-state index in [1.807, 2.05) is 6.07 Å². The molecule has 2 amide bonds. The number of benzene rings is 1. The Morgan fingerprint density at radius 1 is 1.32 bits per heavy atom. The summed E-state index contributed by atoms with van der Waals surface area (Å²) in [4.78, 5) is 24.4. The lowest BCUT2D eigenvalue weighted by Gasteiger charge is -2.15. The van der Waals surface area contributed by atoms with Gasteiger partial charge >= 0.3 is 0 Å². The highest BCUT2D eigenvalue weighted by Gasteiger charge is 2.36. The molecule has 1 atom stereocenters. The topological polar surface area (TPSA) is 58.6 Å². The Hall–Kier alpha value is -1.08. The molecule has 5 nitrogen and oxygen atoms in total. The molecule has 1 aliphatic rings. The van der Waals surface area contributed by atoms with Gasteiger partial charge in [0.05, 0.1) is 23.7 Å². The Bertz CT molecular complexity index is 548. The van der Waals surface area contributed by atoms with Crippen molar-refractivity contribution in [2.75, 3.05) is 19.5 Å². The molecule has 19 heavy (non-hydrogen) atoms. The van der Waals surface area contributed by atoms with Gasteiger partial charge in [-0.15, -0.1) is 0 Å². The van der Waals surface area contributed by atoms with Gasteiger partial charge < -0.3 is 10.1 Å². The summed E-state index contributed by atoms with van der Waals surface area (Å²) in [5.74, 6) is 0.248. The van der Waals surface area contributed by atoms with Crippen molar-refractivity contribution >= 4 is 49.4 Å². The second-order valence-electron chi connectivity index (χ2n) is 4.16. The standard InChI is InChI=1S/C12H12Br2N2O3/c1-16-11(17)5-9(12(16)18)15-8-4-10(19-2)7(14)3-6(8)13/h3-4,9,15H,5H2,1-2H3. The highest BCUT2D eigenvalue weighted by atomic mass is 79.9. The van der Waals surface area contributed by atoms with Crippen molar-refractivity contribution in [3.8, 4) is 5.75 Å². The molecule has 1 N–H and O–H groups in total. The molecule has 1 aromatic rings. The first kappa shape index (κ1) is 14.3. The number of ether oxygens (including phenoxy) is 1. The van der Waals surface area contributed by atoms with Gasteiger partial charge in [0.2, 0.25) is 5.91 Å². The molecule has 7 heteroatoms. The first-order valence-corrected chi connectivity index (χ1v) is 7.12. The molecule has 1 heterocycles. The van der Waals surface area contributed by atoms with Crippen LogP contribution in [0.25, 0.3) is 0 Å². The van der Waals surface area contributed by atoms with Crippen LogP contribution in [0, 0.1) is 0 Å². The van der Waals surface area contributed by atoms with Crippen LogP contribution in [0.1, 0.15) is 6.42 Å². The van der Waals surface area contributed by atoms with Gasteiger partial charge in [-0.2, -0.15) is 0 Å². The van der Waals surface area contributed by atoms with Crippen LogP contribution in [0.3, 0.4) is 0 Å². The zero-order chi connectivity index (χ0) is 14.2. The second-order valence-corrected chi connectivity index (χ2v) is 5.87. The van der Waals surface area contributed by atoms with Gasteiger partial charge in [-0.3, -0.25) is 14.5 Å². The molecule has 0 saturated carbocycles. The fourth-order valence-electron chi connectivity index (χ4n) is 1.85. The van der Waals surface area contributed by atoms with Gasteiger partial charge in [0.1, 0.15) is 11.8 Å². The van der Waals surface area contributed by atoms with E-state index >= 15 is 0 Å². The average Bonchev–Trinajstić information content (AvgIpc) is 2.60. The Labute approximate surface area is 127 Å². The maximum absolute atomic E-state index is 11.8. The molecular weight excluding hydrogens is 380 g/mol. The number of hydrogen-bond acceptors (Lipinski definition) is 4. The molecule has 0 spiro atoms. The van der Waals surface area contributed by atoms with E-state index in [0.717, 1.165) is 13.8 Å². The fourth-order valence-corrected chi connectivity index (χ4v) is 3.12. The molecule has 0 radical (unpaired) electrons. The normalized spacial score (nSPS) is 18.9. The lowest BCUT2D eigenvalue weighted by molar-refractivity contribution is -0.136. The molecule has 1 aliphatic heterocycles. The fraction of sp³-hybridized carbons (Fsp3) is 0.333. The highest BCUT2D eigenvalue weighted by Crippen LogP contribution is 2.35. The van der Waals surface area contributed by atoms with Crippen LogP contribution in [0.5, 0.6) is 5.75 Å². The molecule has 0 aromatic heterocycles. The molecule has 1 unspecified atom stereocenters. The monoisotopic (exact) mass is 390 g/mol. The van der Waals surface area contributed by atoms with Crippen molar-refractivity contribution in [2.45, 2.75) is 12.5 Å². The number of anilines is 1. The first-order chi connectivity index (χ1) is 8.93. The Kier molecular flexibility index (Phi) is 4.15. The Morgan fingerprint density at radius 3 is 2.53 bits per heavy atom. The summed E-state index contributed by atoms with van der Waals surface area (Å²) < 4.78 is 6.80. The van der Waals surface area contributed by atoms with Crippen LogP contribution in [0.2, 0.25) is 0 Å². The number of methoxy groups -OCH3 is 1. The van der Waals surface area contributed by atoms with E-state index in [1.54, 1.807) is 13.2 Å². The number of likely N-dealkylation sites (N-methyl/N-ethyl adjacent to an activating group) is 1. The lowest BCUT2D eigenvalue weighted by atomic mass is 10.2. The summed E-state index contributed by atoms with van der Waals surface area (Å²) in [6.07, 6.45) is 0.167. The maximum atomic E-state index is 11.8. The van der Waals surface area contributed by atoms with E-state index in [0.29, 0.717) is 11.4 Å². The molecule has 1 fully saturated rings. The number of imide groups is 1. The van der Waals surface area contributed by atoms with Crippen LogP contribution in [-0.2, 0) is 9.59 Å². The molecule has 0 bridgehead atoms. The van der Waals surface area contributed by atoms with Crippen molar-refractivity contribution in [1.82, 2.24) is 4.90 Å². The van der Waals surface area contributed by atoms with Gasteiger partial charge in [-0.05, 0) is 37.9 Å². The first-order valence-electron chi connectivity index (χ1n) is 5.54. The van der Waals surface area contributed by atoms with E-state index in [4.69, 9.17) is 4.74 Å². The molecular formula is C12H12Br2N2O3. The molecule has 1 saturated heterocycles. The third-order valence-corrected chi connectivity index (χ3v) is 4.23. The molecule has 1 aromatic carbocycles. The van der Waals surface area contributed by atoms with Crippen molar-refractivity contribution in [2.24, 2.45) is 0 Å². The minimum absolute atomic E-state index is 0.167. The third kappa shape index (κ3) is 2.76. The van der Waals surface area contributed by atoms with Crippen LogP contribution >= 0.6 is 31.9 Å². The van der Waals surface area contributed by atoms with Gasteiger partial charge in [-0.1, -0.05) is 0 Å². The number of amides is 2. The number of halogens is 2. The summed E-state index contributed by atoms with van der Waals surface area (Å²) in [7, 11) is 3.05. The van der Waals surface area contributed by atoms with E-state index in [-0.39, 0.29) is 18.2 Å². The van der Waals surface area contributed by atoms with Gasteiger partial charge in [0.25, 0.3) is 5.91 Å². The Balaban J connectivity index is 2.25. The van der Waals surface area contributed by atoms with E-state index in [2.05, 4.69) is 37.2 Å². The highest BCUT2D eigenvalue weighted by molar-refractivity contribution is 9.11. The van der Waals surface area contributed by atoms with Crippen LogP contribution in [0.4, 0.5) is 5.69 Å². The number of carbonyl (C=O) groups excluding carboxylic acids is 2. The van der Waals surface area contributed by atoms with E-state index < -0.39 is 6.04 Å². The number of nitrogens with zero attached hydrogens (tertiary/aromatic N) is 1. The minimum atomic E-state index is -0.528. The average molecular weight is 392 g/mol. The maximum Gasteiger partial charge on any atom is 0.251 e. The summed E-state index contributed by atoms with van der Waals surface area (Å²) in [5, 5.41) is 3.06. The quantitative estimate of drug-likeness (QED) is 0.803. The van der Waals surface area contributed by atoms with Gasteiger partial charge in [0, 0.05) is 17.6 Å². The van der Waals surface area contributed by atoms with Crippen molar-refractivity contribution in [3.05, 3.63) is 21.1 Å². The van der Waals surface area contributed by atoms with Crippen molar-refractivity contribution in [3.63, 3.8) is 0 Å². The van der Waals surface area contributed by atoms with Crippen LogP contribution in [-0.4, -0.2) is 36.9 Å². The van der Waals surface area contributed by atoms with Crippen molar-refractivity contribution < 1.29 is 14.3 Å². The van der Waals surface area contributed by atoms with Crippen LogP contribution < -0.4 is 10.1 Å². The molecule has 0 aliphatic carbocycles. The lowest BCUT2D eigenvalue weighted by Crippen LogP contribution is -2.31. The van der Waals surface area contributed by atoms with Crippen LogP contribution in [0.15, 0.2) is 21.1 Å². The van der Waals surface area contributed by atoms with E-state index in [1.165, 1.54) is 7.05 Å². The third-order valence-electron chi connectivity index (χ3n) is 2.95. The zero-order valence-corrected chi connectivity index (χ0v) is 13.5. The summed E-state index contributed by atoms with van der Waals surface area (Å²) >= 11 is 6.78. The SMILES string of the molecule is COc1cc(NC2CC(=O)N(C)C2=O)c(Br)cc1Br. The summed E-state index contributed by atoms with van der Waals surface area (Å²) in [6, 6.07) is 3.07. The summed E-state index contributed by atoms with van der Waals surface area (Å²) in [6.45, 7) is 0.